The van der Waals surface area contributed by atoms with Gasteiger partial charge in [0, 0.05) is 13.1 Å². The third-order valence-corrected chi connectivity index (χ3v) is 2.60. The molecule has 2 aromatic heterocycles. The normalized spacial score (nSPS) is 10.5. The minimum Gasteiger partial charge on any atom is -0.476 e. The number of aromatic nitrogens is 3. The van der Waals surface area contributed by atoms with Crippen molar-refractivity contribution < 1.29 is 19.3 Å². The predicted octanol–water partition coefficient (Wildman–Crippen LogP) is -0.810. The second kappa shape index (κ2) is 5.03. The fourth-order valence-electron chi connectivity index (χ4n) is 1.62. The van der Waals surface area contributed by atoms with Crippen LogP contribution in [0.5, 0.6) is 0 Å². The van der Waals surface area contributed by atoms with E-state index < -0.39 is 40.1 Å². The summed E-state index contributed by atoms with van der Waals surface area (Å²) < 4.78 is 6.10. The molecular formula is C10H8N4O7. The molecule has 0 aromatic carbocycles. The minimum atomic E-state index is -1.34. The summed E-state index contributed by atoms with van der Waals surface area (Å²) in [5, 5.41) is 22.7. The molecule has 0 radical (unpaired) electrons. The second-order valence-corrected chi connectivity index (χ2v) is 4.04. The maximum atomic E-state index is 11.9. The van der Waals surface area contributed by atoms with Crippen LogP contribution in [0.1, 0.15) is 16.2 Å². The van der Waals surface area contributed by atoms with Crippen LogP contribution in [0.4, 0.5) is 5.69 Å². The number of hydrogen-bond donors (Lipinski definition) is 1. The van der Waals surface area contributed by atoms with Gasteiger partial charge in [-0.05, 0) is 0 Å². The molecule has 0 unspecified atom stereocenters. The summed E-state index contributed by atoms with van der Waals surface area (Å²) in [6.07, 6.45) is 0.810. The largest absolute Gasteiger partial charge is 0.476 e. The first-order valence-corrected chi connectivity index (χ1v) is 5.45. The van der Waals surface area contributed by atoms with Crippen LogP contribution in [0.15, 0.2) is 26.4 Å². The zero-order valence-corrected chi connectivity index (χ0v) is 10.5. The zero-order chi connectivity index (χ0) is 15.7. The molecule has 11 heteroatoms. The number of hydrogen-bond acceptors (Lipinski definition) is 7. The third kappa shape index (κ3) is 2.56. The smallest absolute Gasteiger partial charge is 0.358 e. The Balaban J connectivity index is 2.53. The molecule has 2 heterocycles. The number of nitrogens with zero attached hydrogens (tertiary/aromatic N) is 4. The average molecular weight is 296 g/mol. The van der Waals surface area contributed by atoms with Crippen molar-refractivity contribution >= 4 is 11.7 Å². The molecule has 0 bridgehead atoms. The van der Waals surface area contributed by atoms with Gasteiger partial charge in [0.05, 0.1) is 17.7 Å². The highest BCUT2D eigenvalue weighted by molar-refractivity contribution is 5.85. The molecule has 0 amide bonds. The first-order valence-electron chi connectivity index (χ1n) is 5.45. The van der Waals surface area contributed by atoms with Crippen LogP contribution >= 0.6 is 0 Å². The Labute approximate surface area is 114 Å². The molecule has 0 atom stereocenters. The van der Waals surface area contributed by atoms with Crippen LogP contribution in [0.25, 0.3) is 0 Å². The Morgan fingerprint density at radius 1 is 1.52 bits per heavy atom. The van der Waals surface area contributed by atoms with Crippen LogP contribution in [0.3, 0.4) is 0 Å². The van der Waals surface area contributed by atoms with E-state index in [1.54, 1.807) is 0 Å². The molecule has 2 rings (SSSR count). The highest BCUT2D eigenvalue weighted by Crippen LogP contribution is 2.05. The number of carboxylic acids is 1. The lowest BCUT2D eigenvalue weighted by Crippen LogP contribution is -2.39. The van der Waals surface area contributed by atoms with Gasteiger partial charge in [-0.3, -0.25) is 19.5 Å². The monoisotopic (exact) mass is 296 g/mol. The molecule has 0 aliphatic rings. The van der Waals surface area contributed by atoms with E-state index in [0.29, 0.717) is 4.57 Å². The van der Waals surface area contributed by atoms with Crippen molar-refractivity contribution in [1.29, 1.82) is 0 Å². The van der Waals surface area contributed by atoms with E-state index in [-0.39, 0.29) is 5.76 Å². The molecule has 1 N–H and O–H groups in total. The Bertz CT molecular complexity index is 844. The molecular weight excluding hydrogens is 288 g/mol. The van der Waals surface area contributed by atoms with Crippen molar-refractivity contribution in [3.05, 3.63) is 54.7 Å². The summed E-state index contributed by atoms with van der Waals surface area (Å²) in [7, 11) is 1.24. The number of nitro groups is 1. The Morgan fingerprint density at radius 3 is 2.71 bits per heavy atom. The summed E-state index contributed by atoms with van der Waals surface area (Å²) in [6.45, 7) is -0.465. The van der Waals surface area contributed by atoms with Gasteiger partial charge >= 0.3 is 22.9 Å². The van der Waals surface area contributed by atoms with Crippen LogP contribution in [0.2, 0.25) is 0 Å². The van der Waals surface area contributed by atoms with Crippen molar-refractivity contribution in [3.63, 3.8) is 0 Å². The maximum Gasteiger partial charge on any atom is 0.358 e. The fraction of sp³-hybridized carbons (Fsp3) is 0.200. The Morgan fingerprint density at radius 2 is 2.19 bits per heavy atom. The fourth-order valence-corrected chi connectivity index (χ4v) is 1.62. The van der Waals surface area contributed by atoms with Gasteiger partial charge in [0.1, 0.15) is 0 Å². The Hall–Kier alpha value is -3.24. The number of carboxylic acid groups (broad SMARTS) is 1. The summed E-state index contributed by atoms with van der Waals surface area (Å²) in [5.41, 5.74) is -3.11. The molecule has 21 heavy (non-hydrogen) atoms. The van der Waals surface area contributed by atoms with Gasteiger partial charge in [0.25, 0.3) is 0 Å². The van der Waals surface area contributed by atoms with E-state index >= 15 is 0 Å². The van der Waals surface area contributed by atoms with Crippen LogP contribution < -0.4 is 11.2 Å². The highest BCUT2D eigenvalue weighted by atomic mass is 16.6. The molecule has 2 aromatic rings. The van der Waals surface area contributed by atoms with Gasteiger partial charge < -0.3 is 9.63 Å². The molecule has 0 aliphatic carbocycles. The van der Waals surface area contributed by atoms with Crippen LogP contribution in [-0.2, 0) is 13.6 Å². The van der Waals surface area contributed by atoms with Crippen molar-refractivity contribution in [2.24, 2.45) is 7.05 Å². The summed E-state index contributed by atoms with van der Waals surface area (Å²) in [4.78, 5) is 44.2. The number of aromatic carboxylic acids is 1. The predicted molar refractivity (Wildman–Crippen MR) is 65.2 cm³/mol. The van der Waals surface area contributed by atoms with Crippen LogP contribution in [-0.4, -0.2) is 30.3 Å². The number of rotatable bonds is 4. The standard InChI is InChI=1S/C10H8N4O7/c1-12-4-7(14(19)20)8(15)13(10(12)18)3-5-2-6(9(16)17)11-21-5/h2,4H,3H2,1H3,(H,16,17). The number of aryl methyl sites for hydroxylation is 1. The van der Waals surface area contributed by atoms with Crippen molar-refractivity contribution in [1.82, 2.24) is 14.3 Å². The SMILES string of the molecule is Cn1cc([N+](=O)[O-])c(=O)n(Cc2cc(C(=O)O)no2)c1=O. The van der Waals surface area contributed by atoms with Gasteiger partial charge in [-0.1, -0.05) is 5.16 Å². The van der Waals surface area contributed by atoms with Crippen molar-refractivity contribution in [3.8, 4) is 0 Å². The average Bonchev–Trinajstić information content (AvgIpc) is 2.87. The molecule has 0 fully saturated rings. The van der Waals surface area contributed by atoms with E-state index in [2.05, 4.69) is 9.68 Å². The molecule has 0 spiro atoms. The van der Waals surface area contributed by atoms with Gasteiger partial charge in [0.2, 0.25) is 0 Å². The van der Waals surface area contributed by atoms with Gasteiger partial charge in [-0.25, -0.2) is 14.2 Å². The zero-order valence-electron chi connectivity index (χ0n) is 10.5. The second-order valence-electron chi connectivity index (χ2n) is 4.04. The van der Waals surface area contributed by atoms with E-state index in [4.69, 9.17) is 5.11 Å². The molecule has 0 saturated heterocycles. The first-order chi connectivity index (χ1) is 9.81. The lowest BCUT2D eigenvalue weighted by Gasteiger charge is -2.04. The maximum absolute atomic E-state index is 11.9. The first kappa shape index (κ1) is 14.2. The lowest BCUT2D eigenvalue weighted by molar-refractivity contribution is -0.387. The Kier molecular flexibility index (Phi) is 3.40. The van der Waals surface area contributed by atoms with Gasteiger partial charge in [-0.15, -0.1) is 0 Å². The molecule has 0 saturated carbocycles. The van der Waals surface area contributed by atoms with E-state index in [0.717, 1.165) is 16.8 Å². The third-order valence-electron chi connectivity index (χ3n) is 2.60. The lowest BCUT2D eigenvalue weighted by atomic mass is 10.3. The van der Waals surface area contributed by atoms with Gasteiger partial charge in [0.15, 0.2) is 11.5 Å². The van der Waals surface area contributed by atoms with Crippen molar-refractivity contribution in [2.45, 2.75) is 6.54 Å². The topological polar surface area (TPSA) is 150 Å². The van der Waals surface area contributed by atoms with Gasteiger partial charge in [-0.2, -0.15) is 0 Å². The quantitative estimate of drug-likeness (QED) is 0.568. The highest BCUT2D eigenvalue weighted by Gasteiger charge is 2.20. The van der Waals surface area contributed by atoms with E-state index in [1.807, 2.05) is 0 Å². The molecule has 11 nitrogen and oxygen atoms in total. The van der Waals surface area contributed by atoms with E-state index in [9.17, 15) is 24.5 Å². The number of carbonyl (C=O) groups is 1. The summed E-state index contributed by atoms with van der Waals surface area (Å²) in [6, 6.07) is 1.02. The molecule has 0 aliphatic heterocycles. The van der Waals surface area contributed by atoms with Crippen molar-refractivity contribution in [2.75, 3.05) is 0 Å². The van der Waals surface area contributed by atoms with E-state index in [1.165, 1.54) is 7.05 Å². The van der Waals surface area contributed by atoms with Crippen LogP contribution in [0, 0.1) is 10.1 Å². The minimum absolute atomic E-state index is 0.0907. The summed E-state index contributed by atoms with van der Waals surface area (Å²) >= 11 is 0. The molecule has 110 valence electrons. The summed E-state index contributed by atoms with van der Waals surface area (Å²) in [5.74, 6) is -1.43.